The lowest BCUT2D eigenvalue weighted by Gasteiger charge is -2.35. The molecular weight excluding hydrogens is 156 g/mol. The summed E-state index contributed by atoms with van der Waals surface area (Å²) in [6.45, 7) is 7.70. The minimum Gasteiger partial charge on any atom is -0.316 e. The molecule has 0 aromatic rings. The summed E-state index contributed by atoms with van der Waals surface area (Å²) in [5, 5.41) is 19.9. The highest BCUT2D eigenvalue weighted by Crippen LogP contribution is 2.38. The van der Waals surface area contributed by atoms with Crippen LogP contribution in [0.5, 0.6) is 0 Å². The van der Waals surface area contributed by atoms with Gasteiger partial charge in [-0.25, -0.2) is 5.48 Å². The Balaban J connectivity index is 2.88. The van der Waals surface area contributed by atoms with E-state index in [0.717, 1.165) is 6.42 Å². The summed E-state index contributed by atoms with van der Waals surface area (Å²) >= 11 is 0. The summed E-state index contributed by atoms with van der Waals surface area (Å²) in [5.74, 6) is 0. The maximum atomic E-state index is 9.77. The Bertz CT molecular complexity index is 180. The Labute approximate surface area is 73.1 Å². The Morgan fingerprint density at radius 3 is 2.00 bits per heavy atom. The van der Waals surface area contributed by atoms with Gasteiger partial charge in [-0.1, -0.05) is 0 Å². The highest BCUT2D eigenvalue weighted by Gasteiger charge is 2.51. The molecule has 0 aromatic heterocycles. The topological polar surface area (TPSA) is 55.7 Å². The first-order chi connectivity index (χ1) is 5.32. The van der Waals surface area contributed by atoms with Gasteiger partial charge >= 0.3 is 0 Å². The van der Waals surface area contributed by atoms with Crippen molar-refractivity contribution in [1.82, 2.24) is 10.5 Å². The highest BCUT2D eigenvalue weighted by molar-refractivity contribution is 5.04. The van der Waals surface area contributed by atoms with Crippen molar-refractivity contribution < 1.29 is 10.4 Å². The molecule has 3 N–H and O–H groups in total. The van der Waals surface area contributed by atoms with Crippen LogP contribution in [0.3, 0.4) is 0 Å². The van der Waals surface area contributed by atoms with Gasteiger partial charge in [0.15, 0.2) is 0 Å². The average Bonchev–Trinajstić information content (AvgIpc) is 2.11. The molecule has 12 heavy (non-hydrogen) atoms. The SMILES string of the molecule is CC1(C)CC(NO)C(C)(C)N1O. The summed E-state index contributed by atoms with van der Waals surface area (Å²) in [6, 6.07) is -0.0856. The lowest BCUT2D eigenvalue weighted by atomic mass is 9.95. The number of nitrogens with one attached hydrogen (secondary N) is 1. The van der Waals surface area contributed by atoms with Crippen LogP contribution in [0.15, 0.2) is 0 Å². The molecule has 1 fully saturated rings. The minimum absolute atomic E-state index is 0.0856. The zero-order valence-corrected chi connectivity index (χ0v) is 8.13. The standard InChI is InChI=1S/C8H18N2O2/c1-7(2)5-6(9-11)8(3,4)10(7)12/h6,9,11-12H,5H2,1-4H3. The molecular formula is C8H18N2O2. The van der Waals surface area contributed by atoms with Gasteiger partial charge in [-0.2, -0.15) is 5.06 Å². The second-order valence-corrected chi connectivity index (χ2v) is 4.66. The number of nitrogens with zero attached hydrogens (tertiary/aromatic N) is 1. The van der Waals surface area contributed by atoms with Crippen LogP contribution in [-0.4, -0.2) is 32.6 Å². The molecule has 0 aliphatic carbocycles. The third-order valence-electron chi connectivity index (χ3n) is 2.83. The van der Waals surface area contributed by atoms with Crippen LogP contribution in [0.25, 0.3) is 0 Å². The predicted molar refractivity (Wildman–Crippen MR) is 45.1 cm³/mol. The molecule has 0 radical (unpaired) electrons. The fourth-order valence-corrected chi connectivity index (χ4v) is 1.97. The van der Waals surface area contributed by atoms with Gasteiger partial charge in [0.1, 0.15) is 0 Å². The Morgan fingerprint density at radius 1 is 1.33 bits per heavy atom. The van der Waals surface area contributed by atoms with E-state index in [1.807, 2.05) is 27.7 Å². The lowest BCUT2D eigenvalue weighted by Crippen LogP contribution is -2.51. The number of hydrogen-bond donors (Lipinski definition) is 3. The summed E-state index contributed by atoms with van der Waals surface area (Å²) in [5.41, 5.74) is 1.55. The molecule has 1 atom stereocenters. The third-order valence-corrected chi connectivity index (χ3v) is 2.83. The molecule has 72 valence electrons. The van der Waals surface area contributed by atoms with Crippen LogP contribution in [0.1, 0.15) is 34.1 Å². The highest BCUT2D eigenvalue weighted by atomic mass is 16.5. The number of hydroxylamine groups is 3. The van der Waals surface area contributed by atoms with Gasteiger partial charge < -0.3 is 10.4 Å². The molecule has 1 unspecified atom stereocenters. The zero-order chi connectivity index (χ0) is 9.57. The Morgan fingerprint density at radius 2 is 1.83 bits per heavy atom. The molecule has 4 heteroatoms. The molecule has 1 saturated heterocycles. The minimum atomic E-state index is -0.418. The van der Waals surface area contributed by atoms with Crippen LogP contribution in [-0.2, 0) is 0 Å². The van der Waals surface area contributed by atoms with Crippen LogP contribution in [0, 0.1) is 0 Å². The molecule has 1 aliphatic heterocycles. The molecule has 0 bridgehead atoms. The number of rotatable bonds is 1. The van der Waals surface area contributed by atoms with E-state index in [9.17, 15) is 5.21 Å². The molecule has 0 saturated carbocycles. The van der Waals surface area contributed by atoms with Gasteiger partial charge in [0.25, 0.3) is 0 Å². The Kier molecular flexibility index (Phi) is 2.21. The monoisotopic (exact) mass is 174 g/mol. The van der Waals surface area contributed by atoms with E-state index in [1.54, 1.807) is 0 Å². The van der Waals surface area contributed by atoms with Crippen molar-refractivity contribution in [2.45, 2.75) is 51.2 Å². The Hall–Kier alpha value is -0.160. The van der Waals surface area contributed by atoms with Crippen molar-refractivity contribution in [2.75, 3.05) is 0 Å². The van der Waals surface area contributed by atoms with Gasteiger partial charge in [-0.15, -0.1) is 0 Å². The third kappa shape index (κ3) is 1.25. The first kappa shape index (κ1) is 9.92. The van der Waals surface area contributed by atoms with E-state index in [2.05, 4.69) is 5.48 Å². The van der Waals surface area contributed by atoms with Crippen LogP contribution in [0.2, 0.25) is 0 Å². The molecule has 0 aromatic carbocycles. The van der Waals surface area contributed by atoms with E-state index >= 15 is 0 Å². The fourth-order valence-electron chi connectivity index (χ4n) is 1.97. The van der Waals surface area contributed by atoms with E-state index in [-0.39, 0.29) is 11.6 Å². The largest absolute Gasteiger partial charge is 0.316 e. The number of hydrogen-bond acceptors (Lipinski definition) is 4. The average molecular weight is 174 g/mol. The normalized spacial score (nSPS) is 34.0. The van der Waals surface area contributed by atoms with E-state index in [1.165, 1.54) is 5.06 Å². The second-order valence-electron chi connectivity index (χ2n) is 4.66. The summed E-state index contributed by atoms with van der Waals surface area (Å²) in [6.07, 6.45) is 0.729. The van der Waals surface area contributed by atoms with Crippen LogP contribution in [0.4, 0.5) is 0 Å². The summed E-state index contributed by atoms with van der Waals surface area (Å²) in [4.78, 5) is 0. The quantitative estimate of drug-likeness (QED) is 0.519. The maximum Gasteiger partial charge on any atom is 0.0586 e. The van der Waals surface area contributed by atoms with Crippen LogP contribution >= 0.6 is 0 Å². The lowest BCUT2D eigenvalue weighted by molar-refractivity contribution is -0.196. The van der Waals surface area contributed by atoms with Crippen molar-refractivity contribution in [3.8, 4) is 0 Å². The molecule has 0 amide bonds. The second kappa shape index (κ2) is 2.67. The van der Waals surface area contributed by atoms with E-state index in [4.69, 9.17) is 5.21 Å². The zero-order valence-electron chi connectivity index (χ0n) is 8.13. The smallest absolute Gasteiger partial charge is 0.0586 e. The fraction of sp³-hybridized carbons (Fsp3) is 1.00. The van der Waals surface area contributed by atoms with Crippen molar-refractivity contribution in [1.29, 1.82) is 0 Å². The van der Waals surface area contributed by atoms with Crippen molar-refractivity contribution in [2.24, 2.45) is 0 Å². The van der Waals surface area contributed by atoms with Gasteiger partial charge in [0.2, 0.25) is 0 Å². The molecule has 1 rings (SSSR count). The molecule has 1 aliphatic rings. The van der Waals surface area contributed by atoms with E-state index < -0.39 is 5.54 Å². The van der Waals surface area contributed by atoms with Gasteiger partial charge in [-0.05, 0) is 34.1 Å². The van der Waals surface area contributed by atoms with E-state index in [0.29, 0.717) is 0 Å². The molecule has 0 spiro atoms. The molecule has 4 nitrogen and oxygen atoms in total. The van der Waals surface area contributed by atoms with Gasteiger partial charge in [-0.3, -0.25) is 0 Å². The summed E-state index contributed by atoms with van der Waals surface area (Å²) in [7, 11) is 0. The summed E-state index contributed by atoms with van der Waals surface area (Å²) < 4.78 is 0. The van der Waals surface area contributed by atoms with Crippen molar-refractivity contribution in [3.05, 3.63) is 0 Å². The molecule has 1 heterocycles. The first-order valence-electron chi connectivity index (χ1n) is 4.21. The van der Waals surface area contributed by atoms with Crippen LogP contribution < -0.4 is 5.48 Å². The first-order valence-corrected chi connectivity index (χ1v) is 4.21. The predicted octanol–water partition coefficient (Wildman–Crippen LogP) is 0.986. The van der Waals surface area contributed by atoms with Crippen molar-refractivity contribution in [3.63, 3.8) is 0 Å². The van der Waals surface area contributed by atoms with Gasteiger partial charge in [0.05, 0.1) is 11.6 Å². The van der Waals surface area contributed by atoms with Gasteiger partial charge in [0, 0.05) is 5.54 Å². The van der Waals surface area contributed by atoms with Crippen molar-refractivity contribution >= 4 is 0 Å². The maximum absolute atomic E-state index is 9.77.